The van der Waals surface area contributed by atoms with Crippen LogP contribution in [0, 0.1) is 5.92 Å². The fourth-order valence-electron chi connectivity index (χ4n) is 1.59. The number of hydrogen-bond donors (Lipinski definition) is 1. The molecule has 1 aromatic rings. The number of aromatic nitrogens is 1. The van der Waals surface area contributed by atoms with Crippen molar-refractivity contribution in [2.75, 3.05) is 13.7 Å². The average Bonchev–Trinajstić information content (AvgIpc) is 3.15. The maximum absolute atomic E-state index is 11.7. The van der Waals surface area contributed by atoms with Crippen LogP contribution in [0.1, 0.15) is 24.6 Å². The summed E-state index contributed by atoms with van der Waals surface area (Å²) < 4.78 is 5.69. The Bertz CT molecular complexity index is 390. The number of hydrogen-bond acceptors (Lipinski definition) is 4. The van der Waals surface area contributed by atoms with Crippen LogP contribution in [0.5, 0.6) is 0 Å². The van der Waals surface area contributed by atoms with Crippen LogP contribution in [0.25, 0.3) is 0 Å². The van der Waals surface area contributed by atoms with E-state index < -0.39 is 6.04 Å². The van der Waals surface area contributed by atoms with Crippen molar-refractivity contribution in [2.45, 2.75) is 18.9 Å². The molecular weight excluding hydrogens is 284 g/mol. The number of rotatable bonds is 5. The van der Waals surface area contributed by atoms with Gasteiger partial charge in [0.15, 0.2) is 0 Å². The molecule has 1 atom stereocenters. The molecule has 1 aliphatic carbocycles. The number of esters is 1. The first kappa shape index (κ1) is 12.5. The van der Waals surface area contributed by atoms with Crippen molar-refractivity contribution >= 4 is 21.9 Å². The third kappa shape index (κ3) is 3.51. The van der Waals surface area contributed by atoms with E-state index in [1.165, 1.54) is 20.0 Å². The predicted octanol–water partition coefficient (Wildman–Crippen LogP) is 2.06. The van der Waals surface area contributed by atoms with Crippen LogP contribution in [0.3, 0.4) is 0 Å². The number of nitrogens with one attached hydrogen (secondary N) is 1. The Balaban J connectivity index is 2.07. The zero-order valence-corrected chi connectivity index (χ0v) is 11.2. The summed E-state index contributed by atoms with van der Waals surface area (Å²) in [6.07, 6.45) is 4.17. The Hall–Kier alpha value is -0.940. The SMILES string of the molecule is COC(=O)C(NCC1CC1)c1ccc(Br)cn1. The van der Waals surface area contributed by atoms with Gasteiger partial charge in [-0.05, 0) is 53.4 Å². The van der Waals surface area contributed by atoms with Gasteiger partial charge >= 0.3 is 5.97 Å². The molecule has 17 heavy (non-hydrogen) atoms. The number of pyridine rings is 1. The minimum atomic E-state index is -0.464. The highest BCUT2D eigenvalue weighted by molar-refractivity contribution is 9.10. The molecule has 1 unspecified atom stereocenters. The quantitative estimate of drug-likeness (QED) is 0.846. The second-order valence-corrected chi connectivity index (χ2v) is 5.12. The van der Waals surface area contributed by atoms with Crippen molar-refractivity contribution in [1.82, 2.24) is 10.3 Å². The summed E-state index contributed by atoms with van der Waals surface area (Å²) in [7, 11) is 1.40. The molecule has 2 rings (SSSR count). The van der Waals surface area contributed by atoms with Gasteiger partial charge in [-0.1, -0.05) is 0 Å². The molecule has 1 aliphatic rings. The van der Waals surface area contributed by atoms with Crippen molar-refractivity contribution in [3.8, 4) is 0 Å². The third-order valence-corrected chi connectivity index (χ3v) is 3.26. The molecule has 4 nitrogen and oxygen atoms in total. The van der Waals surface area contributed by atoms with Crippen molar-refractivity contribution < 1.29 is 9.53 Å². The second-order valence-electron chi connectivity index (χ2n) is 4.21. The first-order valence-corrected chi connectivity index (χ1v) is 6.42. The van der Waals surface area contributed by atoms with Gasteiger partial charge in [-0.2, -0.15) is 0 Å². The molecule has 1 aromatic heterocycles. The molecule has 0 saturated heterocycles. The van der Waals surface area contributed by atoms with Crippen LogP contribution in [-0.4, -0.2) is 24.6 Å². The van der Waals surface area contributed by atoms with Crippen LogP contribution in [-0.2, 0) is 9.53 Å². The van der Waals surface area contributed by atoms with Gasteiger partial charge in [-0.3, -0.25) is 10.3 Å². The van der Waals surface area contributed by atoms with E-state index in [4.69, 9.17) is 4.74 Å². The third-order valence-electron chi connectivity index (χ3n) is 2.79. The molecule has 0 radical (unpaired) electrons. The van der Waals surface area contributed by atoms with Crippen molar-refractivity contribution in [2.24, 2.45) is 5.92 Å². The van der Waals surface area contributed by atoms with E-state index in [-0.39, 0.29) is 5.97 Å². The highest BCUT2D eigenvalue weighted by Gasteiger charge is 2.27. The van der Waals surface area contributed by atoms with E-state index in [1.54, 1.807) is 6.20 Å². The monoisotopic (exact) mass is 298 g/mol. The van der Waals surface area contributed by atoms with Gasteiger partial charge in [0.2, 0.25) is 0 Å². The van der Waals surface area contributed by atoms with E-state index in [2.05, 4.69) is 26.2 Å². The molecule has 1 heterocycles. The highest BCUT2D eigenvalue weighted by atomic mass is 79.9. The lowest BCUT2D eigenvalue weighted by molar-refractivity contribution is -0.143. The zero-order chi connectivity index (χ0) is 12.3. The molecule has 5 heteroatoms. The molecule has 92 valence electrons. The number of carbonyl (C=O) groups excluding carboxylic acids is 1. The molecule has 0 bridgehead atoms. The number of halogens is 1. The summed E-state index contributed by atoms with van der Waals surface area (Å²) >= 11 is 3.32. The minimum Gasteiger partial charge on any atom is -0.468 e. The van der Waals surface area contributed by atoms with Gasteiger partial charge in [0.05, 0.1) is 12.8 Å². The first-order valence-electron chi connectivity index (χ1n) is 5.63. The zero-order valence-electron chi connectivity index (χ0n) is 9.65. The average molecular weight is 299 g/mol. The number of nitrogens with zero attached hydrogens (tertiary/aromatic N) is 1. The van der Waals surface area contributed by atoms with Crippen LogP contribution in [0.15, 0.2) is 22.8 Å². The molecular formula is C12H15BrN2O2. The standard InChI is InChI=1S/C12H15BrN2O2/c1-17-12(16)11(15-6-8-2-3-8)10-5-4-9(13)7-14-10/h4-5,7-8,11,15H,2-3,6H2,1H3. The van der Waals surface area contributed by atoms with E-state index in [0.717, 1.165) is 11.0 Å². The molecule has 0 amide bonds. The fourth-order valence-corrected chi connectivity index (χ4v) is 1.83. The Kier molecular flexibility index (Phi) is 4.12. The Morgan fingerprint density at radius 2 is 2.41 bits per heavy atom. The second kappa shape index (κ2) is 5.60. The lowest BCUT2D eigenvalue weighted by Crippen LogP contribution is -2.31. The number of carbonyl (C=O) groups is 1. The lowest BCUT2D eigenvalue weighted by Gasteiger charge is -2.15. The molecule has 0 aromatic carbocycles. The normalized spacial score (nSPS) is 16.6. The summed E-state index contributed by atoms with van der Waals surface area (Å²) in [6, 6.07) is 3.23. The summed E-state index contributed by atoms with van der Waals surface area (Å²) in [6.45, 7) is 0.845. The van der Waals surface area contributed by atoms with Crippen molar-refractivity contribution in [3.63, 3.8) is 0 Å². The fraction of sp³-hybridized carbons (Fsp3) is 0.500. The largest absolute Gasteiger partial charge is 0.468 e. The van der Waals surface area contributed by atoms with Gasteiger partial charge < -0.3 is 4.74 Å². The van der Waals surface area contributed by atoms with Gasteiger partial charge in [-0.15, -0.1) is 0 Å². The van der Waals surface area contributed by atoms with Gasteiger partial charge in [0, 0.05) is 10.7 Å². The smallest absolute Gasteiger partial charge is 0.329 e. The maximum atomic E-state index is 11.7. The summed E-state index contributed by atoms with van der Waals surface area (Å²) in [4.78, 5) is 15.9. The van der Waals surface area contributed by atoms with Gasteiger partial charge in [0.25, 0.3) is 0 Å². The molecule has 1 saturated carbocycles. The maximum Gasteiger partial charge on any atom is 0.329 e. The van der Waals surface area contributed by atoms with E-state index >= 15 is 0 Å². The first-order chi connectivity index (χ1) is 8.20. The van der Waals surface area contributed by atoms with Crippen molar-refractivity contribution in [1.29, 1.82) is 0 Å². The lowest BCUT2D eigenvalue weighted by atomic mass is 10.2. The summed E-state index contributed by atoms with van der Waals surface area (Å²) in [5.41, 5.74) is 0.695. The van der Waals surface area contributed by atoms with Crippen LogP contribution in [0.4, 0.5) is 0 Å². The topological polar surface area (TPSA) is 51.2 Å². The predicted molar refractivity (Wildman–Crippen MR) is 67.4 cm³/mol. The Morgan fingerprint density at radius 1 is 1.65 bits per heavy atom. The minimum absolute atomic E-state index is 0.291. The number of ether oxygens (including phenoxy) is 1. The molecule has 0 aliphatic heterocycles. The van der Waals surface area contributed by atoms with Gasteiger partial charge in [-0.25, -0.2) is 4.79 Å². The highest BCUT2D eigenvalue weighted by Crippen LogP contribution is 2.28. The molecule has 1 N–H and O–H groups in total. The van der Waals surface area contributed by atoms with E-state index in [0.29, 0.717) is 11.6 Å². The van der Waals surface area contributed by atoms with E-state index in [1.807, 2.05) is 12.1 Å². The van der Waals surface area contributed by atoms with Crippen LogP contribution < -0.4 is 5.32 Å². The van der Waals surface area contributed by atoms with Crippen LogP contribution >= 0.6 is 15.9 Å². The summed E-state index contributed by atoms with van der Waals surface area (Å²) in [5.74, 6) is 0.415. The molecule has 0 spiro atoms. The van der Waals surface area contributed by atoms with Crippen molar-refractivity contribution in [3.05, 3.63) is 28.5 Å². The Morgan fingerprint density at radius 3 is 2.94 bits per heavy atom. The van der Waals surface area contributed by atoms with E-state index in [9.17, 15) is 4.79 Å². The summed E-state index contributed by atoms with van der Waals surface area (Å²) in [5, 5.41) is 3.22. The van der Waals surface area contributed by atoms with Gasteiger partial charge in [0.1, 0.15) is 6.04 Å². The van der Waals surface area contributed by atoms with Crippen LogP contribution in [0.2, 0.25) is 0 Å². The molecule has 1 fully saturated rings. The Labute approximate surface area is 109 Å². The number of methoxy groups -OCH3 is 1.